The summed E-state index contributed by atoms with van der Waals surface area (Å²) >= 11 is 1.73. The Labute approximate surface area is 155 Å². The number of hydrogen-bond acceptors (Lipinski definition) is 6. The largest absolute Gasteiger partial charge is 0.403 e. The number of nitrogens with one attached hydrogen (secondary N) is 1. The molecule has 5 nitrogen and oxygen atoms in total. The Kier molecular flexibility index (Phi) is 4.93. The number of anilines is 2. The number of hydrogen-bond donors (Lipinski definition) is 1. The number of rotatable bonds is 6. The molecule has 2 heterocycles. The quantitative estimate of drug-likeness (QED) is 0.479. The summed E-state index contributed by atoms with van der Waals surface area (Å²) in [6.07, 6.45) is 3.61. The first-order valence-electron chi connectivity index (χ1n) is 8.15. The lowest BCUT2D eigenvalue weighted by Crippen LogP contribution is -1.88. The Morgan fingerprint density at radius 3 is 2.46 bits per heavy atom. The molecule has 0 aliphatic carbocycles. The van der Waals surface area contributed by atoms with E-state index in [1.165, 1.54) is 5.56 Å². The van der Waals surface area contributed by atoms with Gasteiger partial charge in [0.25, 0.3) is 5.89 Å². The van der Waals surface area contributed by atoms with Gasteiger partial charge in [0.05, 0.1) is 5.56 Å². The van der Waals surface area contributed by atoms with Crippen LogP contribution in [0.5, 0.6) is 0 Å². The molecule has 2 aromatic carbocycles. The van der Waals surface area contributed by atoms with Gasteiger partial charge < -0.3 is 9.73 Å². The van der Waals surface area contributed by atoms with Gasteiger partial charge in [0.2, 0.25) is 0 Å². The fraction of sp³-hybridized carbons (Fsp3) is 0.0500. The molecular formula is C20H16N4OS. The van der Waals surface area contributed by atoms with Gasteiger partial charge in [-0.2, -0.15) is 0 Å². The van der Waals surface area contributed by atoms with E-state index in [2.05, 4.69) is 26.6 Å². The summed E-state index contributed by atoms with van der Waals surface area (Å²) in [5, 5.41) is 11.4. The monoisotopic (exact) mass is 360 g/mol. The van der Waals surface area contributed by atoms with Gasteiger partial charge in [0.1, 0.15) is 0 Å². The molecule has 0 fully saturated rings. The maximum Gasteiger partial charge on any atom is 0.320 e. The van der Waals surface area contributed by atoms with E-state index in [-0.39, 0.29) is 0 Å². The second kappa shape index (κ2) is 7.84. The summed E-state index contributed by atoms with van der Waals surface area (Å²) in [5.74, 6) is 1.35. The molecule has 0 aliphatic heterocycles. The Morgan fingerprint density at radius 1 is 0.846 bits per heavy atom. The highest BCUT2D eigenvalue weighted by Crippen LogP contribution is 2.33. The molecule has 0 atom stereocenters. The van der Waals surface area contributed by atoms with Crippen LogP contribution in [0.4, 0.5) is 11.7 Å². The minimum Gasteiger partial charge on any atom is -0.403 e. The van der Waals surface area contributed by atoms with Crippen molar-refractivity contribution in [1.82, 2.24) is 15.2 Å². The van der Waals surface area contributed by atoms with Crippen LogP contribution in [-0.4, -0.2) is 15.2 Å². The maximum absolute atomic E-state index is 5.81. The van der Waals surface area contributed by atoms with Gasteiger partial charge in [-0.1, -0.05) is 35.4 Å². The van der Waals surface area contributed by atoms with Gasteiger partial charge in [0.15, 0.2) is 0 Å². The topological polar surface area (TPSA) is 63.8 Å². The van der Waals surface area contributed by atoms with Gasteiger partial charge in [-0.25, -0.2) is 0 Å². The smallest absolute Gasteiger partial charge is 0.320 e. The van der Waals surface area contributed by atoms with Crippen molar-refractivity contribution in [2.24, 2.45) is 0 Å². The molecule has 0 radical (unpaired) electrons. The highest BCUT2D eigenvalue weighted by Gasteiger charge is 2.13. The molecule has 0 spiro atoms. The molecular weight excluding hydrogens is 344 g/mol. The second-order valence-corrected chi connectivity index (χ2v) is 6.56. The van der Waals surface area contributed by atoms with Gasteiger partial charge >= 0.3 is 6.01 Å². The molecule has 0 saturated heterocycles. The molecule has 2 aromatic heterocycles. The van der Waals surface area contributed by atoms with Crippen molar-refractivity contribution in [3.63, 3.8) is 0 Å². The van der Waals surface area contributed by atoms with Crippen LogP contribution in [0, 0.1) is 0 Å². The van der Waals surface area contributed by atoms with E-state index >= 15 is 0 Å². The molecule has 0 bridgehead atoms. The molecule has 0 aliphatic rings. The van der Waals surface area contributed by atoms with Crippen molar-refractivity contribution < 1.29 is 4.42 Å². The molecule has 0 amide bonds. The van der Waals surface area contributed by atoms with Crippen molar-refractivity contribution in [3.8, 4) is 11.5 Å². The third-order valence-corrected chi connectivity index (χ3v) is 4.86. The molecule has 0 saturated carbocycles. The van der Waals surface area contributed by atoms with E-state index in [4.69, 9.17) is 4.42 Å². The minimum atomic E-state index is 0.375. The molecule has 0 unspecified atom stereocenters. The Balaban J connectivity index is 1.53. The van der Waals surface area contributed by atoms with Gasteiger partial charge in [-0.3, -0.25) is 4.98 Å². The Hall–Kier alpha value is -3.12. The fourth-order valence-electron chi connectivity index (χ4n) is 2.44. The standard InChI is InChI=1S/C20H16N4OS/c1-2-6-16(7-3-1)22-20-24-23-19(25-20)17-8-4-5-9-18(17)26-14-15-10-12-21-13-11-15/h1-13H,14H2,(H,22,24). The minimum absolute atomic E-state index is 0.375. The zero-order valence-corrected chi connectivity index (χ0v) is 14.7. The Morgan fingerprint density at radius 2 is 1.62 bits per heavy atom. The SMILES string of the molecule is c1ccc(Nc2nnc(-c3ccccc3SCc3ccncc3)o2)cc1. The van der Waals surface area contributed by atoms with E-state index in [1.807, 2.05) is 60.7 Å². The zero-order valence-electron chi connectivity index (χ0n) is 13.9. The first-order chi connectivity index (χ1) is 12.9. The summed E-state index contributed by atoms with van der Waals surface area (Å²) in [7, 11) is 0. The summed E-state index contributed by atoms with van der Waals surface area (Å²) < 4.78 is 5.81. The summed E-state index contributed by atoms with van der Waals surface area (Å²) in [4.78, 5) is 5.15. The van der Waals surface area contributed by atoms with E-state index in [9.17, 15) is 0 Å². The average molecular weight is 360 g/mol. The number of aromatic nitrogens is 3. The van der Waals surface area contributed by atoms with Crippen molar-refractivity contribution in [2.45, 2.75) is 10.6 Å². The van der Waals surface area contributed by atoms with Gasteiger partial charge in [0, 0.05) is 28.7 Å². The zero-order chi connectivity index (χ0) is 17.6. The average Bonchev–Trinajstić information content (AvgIpc) is 3.16. The molecule has 128 valence electrons. The van der Waals surface area contributed by atoms with Crippen molar-refractivity contribution in [1.29, 1.82) is 0 Å². The molecule has 1 N–H and O–H groups in total. The first kappa shape index (κ1) is 16.4. The lowest BCUT2D eigenvalue weighted by Gasteiger charge is -2.06. The van der Waals surface area contributed by atoms with Crippen molar-refractivity contribution in [3.05, 3.63) is 84.7 Å². The van der Waals surface area contributed by atoms with E-state index in [0.29, 0.717) is 11.9 Å². The number of para-hydroxylation sites is 1. The fourth-order valence-corrected chi connectivity index (χ4v) is 3.44. The summed E-state index contributed by atoms with van der Waals surface area (Å²) in [5.41, 5.74) is 3.06. The lowest BCUT2D eigenvalue weighted by atomic mass is 10.2. The predicted molar refractivity (Wildman–Crippen MR) is 103 cm³/mol. The highest BCUT2D eigenvalue weighted by atomic mass is 32.2. The van der Waals surface area contributed by atoms with E-state index < -0.39 is 0 Å². The number of thioether (sulfide) groups is 1. The molecule has 4 rings (SSSR count). The van der Waals surface area contributed by atoms with Crippen LogP contribution < -0.4 is 5.32 Å². The van der Waals surface area contributed by atoms with Crippen LogP contribution in [0.1, 0.15) is 5.56 Å². The van der Waals surface area contributed by atoms with Gasteiger partial charge in [-0.15, -0.1) is 16.9 Å². The van der Waals surface area contributed by atoms with Crippen LogP contribution >= 0.6 is 11.8 Å². The van der Waals surface area contributed by atoms with E-state index in [0.717, 1.165) is 21.9 Å². The molecule has 4 aromatic rings. The highest BCUT2D eigenvalue weighted by molar-refractivity contribution is 7.98. The predicted octanol–water partition coefficient (Wildman–Crippen LogP) is 5.17. The third kappa shape index (κ3) is 3.92. The van der Waals surface area contributed by atoms with Crippen LogP contribution in [0.25, 0.3) is 11.5 Å². The van der Waals surface area contributed by atoms with Crippen LogP contribution in [0.2, 0.25) is 0 Å². The summed E-state index contributed by atoms with van der Waals surface area (Å²) in [6, 6.07) is 22.2. The van der Waals surface area contributed by atoms with Crippen LogP contribution in [0.3, 0.4) is 0 Å². The normalized spacial score (nSPS) is 10.6. The van der Waals surface area contributed by atoms with Crippen molar-refractivity contribution >= 4 is 23.5 Å². The maximum atomic E-state index is 5.81. The second-order valence-electron chi connectivity index (χ2n) is 5.54. The van der Waals surface area contributed by atoms with E-state index in [1.54, 1.807) is 24.2 Å². The molecule has 26 heavy (non-hydrogen) atoms. The number of pyridine rings is 1. The third-order valence-electron chi connectivity index (χ3n) is 3.71. The van der Waals surface area contributed by atoms with Gasteiger partial charge in [-0.05, 0) is 42.0 Å². The first-order valence-corrected chi connectivity index (χ1v) is 9.14. The molecule has 6 heteroatoms. The summed E-state index contributed by atoms with van der Waals surface area (Å²) in [6.45, 7) is 0. The lowest BCUT2D eigenvalue weighted by molar-refractivity contribution is 0.586. The van der Waals surface area contributed by atoms with Crippen LogP contribution in [0.15, 0.2) is 88.4 Å². The number of nitrogens with zero attached hydrogens (tertiary/aromatic N) is 3. The van der Waals surface area contributed by atoms with Crippen molar-refractivity contribution in [2.75, 3.05) is 5.32 Å². The van der Waals surface area contributed by atoms with Crippen LogP contribution in [-0.2, 0) is 5.75 Å². The number of benzene rings is 2. The Bertz CT molecular complexity index is 973.